The van der Waals surface area contributed by atoms with Crippen molar-refractivity contribution in [3.05, 3.63) is 29.6 Å². The van der Waals surface area contributed by atoms with Crippen LogP contribution in [0.1, 0.15) is 31.2 Å². The Morgan fingerprint density at radius 1 is 1.09 bits per heavy atom. The highest BCUT2D eigenvalue weighted by molar-refractivity contribution is 5.79. The number of hydrogen-bond donors (Lipinski definition) is 3. The third kappa shape index (κ3) is 10.4. The molecule has 0 unspecified atom stereocenters. The van der Waals surface area contributed by atoms with Crippen LogP contribution in [0.3, 0.4) is 0 Å². The van der Waals surface area contributed by atoms with Gasteiger partial charge in [-0.15, -0.1) is 0 Å². The molecule has 2 heterocycles. The second kappa shape index (κ2) is 16.1. The Morgan fingerprint density at radius 2 is 1.86 bits per heavy atom. The van der Waals surface area contributed by atoms with E-state index in [0.717, 1.165) is 44.9 Å². The summed E-state index contributed by atoms with van der Waals surface area (Å²) in [5, 5.41) is 15.3. The monoisotopic (exact) mass is 495 g/mol. The molecule has 2 fully saturated rings. The van der Waals surface area contributed by atoms with Crippen molar-refractivity contribution in [1.82, 2.24) is 15.5 Å². The summed E-state index contributed by atoms with van der Waals surface area (Å²) < 4.78 is 30.8. The molecule has 2 aliphatic rings. The fourth-order valence-corrected chi connectivity index (χ4v) is 4.51. The lowest BCUT2D eigenvalue weighted by Crippen LogP contribution is -2.53. The van der Waals surface area contributed by atoms with Crippen LogP contribution in [0, 0.1) is 17.7 Å². The number of piperidine rings is 1. The molecule has 35 heavy (non-hydrogen) atoms. The first-order valence-electron chi connectivity index (χ1n) is 13.0. The van der Waals surface area contributed by atoms with Crippen LogP contribution in [0.15, 0.2) is 18.2 Å². The molecule has 1 aromatic rings. The number of halogens is 1. The molecular weight excluding hydrogens is 453 g/mol. The van der Waals surface area contributed by atoms with Gasteiger partial charge < -0.3 is 34.9 Å². The van der Waals surface area contributed by atoms with Crippen molar-refractivity contribution >= 4 is 5.91 Å². The number of aliphatic hydroxyl groups is 1. The SMILES string of the molecule is O=C(Cc1ccc(OCCCC2CCNCC2)cc1F)N1CC(CNCCOCCOCCO)C1. The normalized spacial score (nSPS) is 16.9. The topological polar surface area (TPSA) is 92.3 Å². The smallest absolute Gasteiger partial charge is 0.227 e. The first-order chi connectivity index (χ1) is 17.2. The highest BCUT2D eigenvalue weighted by atomic mass is 19.1. The molecule has 0 atom stereocenters. The van der Waals surface area contributed by atoms with Crippen molar-refractivity contribution in [1.29, 1.82) is 0 Å². The number of carbonyl (C=O) groups is 1. The molecule has 1 amide bonds. The van der Waals surface area contributed by atoms with Crippen molar-refractivity contribution in [3.63, 3.8) is 0 Å². The van der Waals surface area contributed by atoms with Gasteiger partial charge in [-0.3, -0.25) is 4.79 Å². The summed E-state index contributed by atoms with van der Waals surface area (Å²) >= 11 is 0. The van der Waals surface area contributed by atoms with Gasteiger partial charge in [-0.05, 0) is 56.3 Å². The standard InChI is InChI=1S/C26H42FN3O5/c27-25-17-24(35-11-1-2-21-5-7-28-8-6-21)4-3-23(25)16-26(32)30-19-22(20-30)18-29-9-12-33-14-15-34-13-10-31/h3-4,17,21-22,28-29,31H,1-2,5-16,18-20H2. The van der Waals surface area contributed by atoms with Gasteiger partial charge in [0.2, 0.25) is 5.91 Å². The summed E-state index contributed by atoms with van der Waals surface area (Å²) in [6, 6.07) is 4.83. The van der Waals surface area contributed by atoms with E-state index >= 15 is 0 Å². The predicted molar refractivity (Wildman–Crippen MR) is 132 cm³/mol. The maximum Gasteiger partial charge on any atom is 0.227 e. The molecular formula is C26H42FN3O5. The number of likely N-dealkylation sites (tertiary alicyclic amines) is 1. The maximum absolute atomic E-state index is 14.5. The Bertz CT molecular complexity index is 742. The van der Waals surface area contributed by atoms with Crippen LogP contribution >= 0.6 is 0 Å². The number of hydrogen-bond acceptors (Lipinski definition) is 7. The predicted octanol–water partition coefficient (Wildman–Crippen LogP) is 1.60. The van der Waals surface area contributed by atoms with Crippen LogP contribution in [0.2, 0.25) is 0 Å². The van der Waals surface area contributed by atoms with Gasteiger partial charge in [0.05, 0.1) is 46.1 Å². The maximum atomic E-state index is 14.5. The highest BCUT2D eigenvalue weighted by Crippen LogP contribution is 2.22. The van der Waals surface area contributed by atoms with Crippen LogP contribution in [0.25, 0.3) is 0 Å². The Balaban J connectivity index is 1.23. The van der Waals surface area contributed by atoms with E-state index in [9.17, 15) is 9.18 Å². The van der Waals surface area contributed by atoms with Crippen LogP contribution < -0.4 is 15.4 Å². The summed E-state index contributed by atoms with van der Waals surface area (Å²) in [4.78, 5) is 14.3. The second-order valence-corrected chi connectivity index (χ2v) is 9.43. The molecule has 3 N–H and O–H groups in total. The molecule has 0 saturated carbocycles. The Morgan fingerprint density at radius 3 is 2.60 bits per heavy atom. The summed E-state index contributed by atoms with van der Waals surface area (Å²) in [5.74, 6) is 1.29. The number of carbonyl (C=O) groups excluding carboxylic acids is 1. The van der Waals surface area contributed by atoms with Gasteiger partial charge in [0.25, 0.3) is 0 Å². The third-order valence-electron chi connectivity index (χ3n) is 6.62. The molecule has 8 nitrogen and oxygen atoms in total. The quantitative estimate of drug-likeness (QED) is 0.283. The minimum Gasteiger partial charge on any atom is -0.493 e. The number of ether oxygens (including phenoxy) is 3. The van der Waals surface area contributed by atoms with Gasteiger partial charge in [0.15, 0.2) is 0 Å². The summed E-state index contributed by atoms with van der Waals surface area (Å²) in [5.41, 5.74) is 0.416. The summed E-state index contributed by atoms with van der Waals surface area (Å²) in [6.07, 6.45) is 4.66. The molecule has 2 saturated heterocycles. The average molecular weight is 496 g/mol. The lowest BCUT2D eigenvalue weighted by Gasteiger charge is -2.39. The van der Waals surface area contributed by atoms with E-state index in [1.807, 2.05) is 0 Å². The van der Waals surface area contributed by atoms with Gasteiger partial charge in [-0.25, -0.2) is 4.39 Å². The minimum absolute atomic E-state index is 0.0254. The number of aliphatic hydroxyl groups excluding tert-OH is 1. The lowest BCUT2D eigenvalue weighted by molar-refractivity contribution is -0.136. The van der Waals surface area contributed by atoms with E-state index < -0.39 is 0 Å². The average Bonchev–Trinajstić information content (AvgIpc) is 2.84. The van der Waals surface area contributed by atoms with Crippen molar-refractivity contribution in [2.75, 3.05) is 78.9 Å². The highest BCUT2D eigenvalue weighted by Gasteiger charge is 2.30. The number of benzene rings is 1. The van der Waals surface area contributed by atoms with Crippen LogP contribution in [0.5, 0.6) is 5.75 Å². The number of rotatable bonds is 17. The largest absolute Gasteiger partial charge is 0.493 e. The van der Waals surface area contributed by atoms with Crippen molar-refractivity contribution in [2.45, 2.75) is 32.1 Å². The van der Waals surface area contributed by atoms with E-state index in [-0.39, 0.29) is 24.8 Å². The number of amides is 1. The lowest BCUT2D eigenvalue weighted by atomic mass is 9.93. The molecule has 3 rings (SSSR count). The minimum atomic E-state index is -0.380. The molecule has 9 heteroatoms. The Kier molecular flexibility index (Phi) is 12.8. The van der Waals surface area contributed by atoms with Crippen LogP contribution in [-0.2, 0) is 20.7 Å². The zero-order valence-corrected chi connectivity index (χ0v) is 20.8. The fraction of sp³-hybridized carbons (Fsp3) is 0.731. The summed E-state index contributed by atoms with van der Waals surface area (Å²) in [7, 11) is 0. The van der Waals surface area contributed by atoms with E-state index in [0.29, 0.717) is 63.4 Å². The van der Waals surface area contributed by atoms with E-state index in [4.69, 9.17) is 19.3 Å². The summed E-state index contributed by atoms with van der Waals surface area (Å²) in [6.45, 7) is 7.70. The molecule has 0 bridgehead atoms. The number of nitrogens with zero attached hydrogens (tertiary/aromatic N) is 1. The molecule has 1 aromatic carbocycles. The molecule has 2 aliphatic heterocycles. The first kappa shape index (κ1) is 27.8. The van der Waals surface area contributed by atoms with Crippen LogP contribution in [0.4, 0.5) is 4.39 Å². The first-order valence-corrected chi connectivity index (χ1v) is 13.0. The van der Waals surface area contributed by atoms with Gasteiger partial charge >= 0.3 is 0 Å². The third-order valence-corrected chi connectivity index (χ3v) is 6.62. The zero-order valence-electron chi connectivity index (χ0n) is 20.8. The van der Waals surface area contributed by atoms with Gasteiger partial charge in [-0.2, -0.15) is 0 Å². The van der Waals surface area contributed by atoms with E-state index in [2.05, 4.69) is 10.6 Å². The van der Waals surface area contributed by atoms with Gasteiger partial charge in [0, 0.05) is 38.2 Å². The molecule has 0 aromatic heterocycles. The zero-order chi connectivity index (χ0) is 24.7. The molecule has 0 spiro atoms. The van der Waals surface area contributed by atoms with Crippen molar-refractivity contribution in [2.24, 2.45) is 11.8 Å². The Hall–Kier alpha value is -1.78. The second-order valence-electron chi connectivity index (χ2n) is 9.43. The van der Waals surface area contributed by atoms with Crippen LogP contribution in [-0.4, -0.2) is 94.8 Å². The van der Waals surface area contributed by atoms with Crippen molar-refractivity contribution < 1.29 is 28.5 Å². The van der Waals surface area contributed by atoms with Gasteiger partial charge in [-0.1, -0.05) is 6.07 Å². The molecule has 198 valence electrons. The van der Waals surface area contributed by atoms with Crippen molar-refractivity contribution in [3.8, 4) is 5.75 Å². The fourth-order valence-electron chi connectivity index (χ4n) is 4.51. The number of nitrogens with one attached hydrogen (secondary N) is 2. The van der Waals surface area contributed by atoms with E-state index in [1.165, 1.54) is 18.9 Å². The Labute approximate surface area is 208 Å². The van der Waals surface area contributed by atoms with Gasteiger partial charge in [0.1, 0.15) is 11.6 Å². The molecule has 0 aliphatic carbocycles. The molecule has 0 radical (unpaired) electrons. The van der Waals surface area contributed by atoms with E-state index in [1.54, 1.807) is 17.0 Å².